The Bertz CT molecular complexity index is 628. The third kappa shape index (κ3) is 5.53. The van der Waals surface area contributed by atoms with Gasteiger partial charge in [0.05, 0.1) is 6.10 Å². The molecule has 1 atom stereocenters. The molecule has 0 amide bonds. The van der Waals surface area contributed by atoms with Crippen LogP contribution in [0.15, 0.2) is 54.6 Å². The fraction of sp³-hybridized carbons (Fsp3) is 0.400. The van der Waals surface area contributed by atoms with Gasteiger partial charge in [-0.15, -0.1) is 0 Å². The number of aliphatic hydroxyl groups is 1. The Kier molecular flexibility index (Phi) is 6.39. The second-order valence-corrected chi connectivity index (χ2v) is 6.37. The molecule has 25 heavy (non-hydrogen) atoms. The fourth-order valence-electron chi connectivity index (χ4n) is 3.04. The summed E-state index contributed by atoms with van der Waals surface area (Å²) in [6.07, 6.45) is -0.436. The Hall–Kier alpha value is -1.95. The Balaban J connectivity index is 1.35. The lowest BCUT2D eigenvalue weighted by Crippen LogP contribution is -2.48. The number of piperazine rings is 1. The quantitative estimate of drug-likeness (QED) is 0.837. The SMILES string of the molecule is O[C@H](CN1CCN(CCOc2ccc(F)cc2)CC1)c1ccccc1. The van der Waals surface area contributed by atoms with Gasteiger partial charge in [0.2, 0.25) is 0 Å². The van der Waals surface area contributed by atoms with Crippen LogP contribution in [0.5, 0.6) is 5.75 Å². The first-order valence-electron chi connectivity index (χ1n) is 8.77. The topological polar surface area (TPSA) is 35.9 Å². The molecule has 4 nitrogen and oxygen atoms in total. The van der Waals surface area contributed by atoms with Crippen LogP contribution in [0.25, 0.3) is 0 Å². The smallest absolute Gasteiger partial charge is 0.123 e. The summed E-state index contributed by atoms with van der Waals surface area (Å²) in [6, 6.07) is 15.9. The molecule has 1 heterocycles. The maximum atomic E-state index is 12.8. The van der Waals surface area contributed by atoms with Gasteiger partial charge >= 0.3 is 0 Å². The fourth-order valence-corrected chi connectivity index (χ4v) is 3.04. The molecule has 134 valence electrons. The van der Waals surface area contributed by atoms with Gasteiger partial charge in [0, 0.05) is 39.3 Å². The third-order valence-corrected chi connectivity index (χ3v) is 4.57. The minimum absolute atomic E-state index is 0.249. The first-order valence-corrected chi connectivity index (χ1v) is 8.77. The summed E-state index contributed by atoms with van der Waals surface area (Å²) in [7, 11) is 0. The van der Waals surface area contributed by atoms with Crippen LogP contribution in [0.2, 0.25) is 0 Å². The molecule has 3 rings (SSSR count). The van der Waals surface area contributed by atoms with Crippen LogP contribution >= 0.6 is 0 Å². The normalized spacial score (nSPS) is 17.4. The molecule has 0 radical (unpaired) electrons. The van der Waals surface area contributed by atoms with E-state index in [1.807, 2.05) is 30.3 Å². The van der Waals surface area contributed by atoms with Crippen molar-refractivity contribution in [3.05, 3.63) is 66.0 Å². The highest BCUT2D eigenvalue weighted by Gasteiger charge is 2.19. The molecule has 1 fully saturated rings. The highest BCUT2D eigenvalue weighted by atomic mass is 19.1. The summed E-state index contributed by atoms with van der Waals surface area (Å²) >= 11 is 0. The molecule has 0 saturated carbocycles. The van der Waals surface area contributed by atoms with Crippen molar-refractivity contribution in [2.45, 2.75) is 6.10 Å². The van der Waals surface area contributed by atoms with Crippen molar-refractivity contribution in [2.75, 3.05) is 45.9 Å². The molecule has 2 aromatic carbocycles. The monoisotopic (exact) mass is 344 g/mol. The molecule has 0 spiro atoms. The van der Waals surface area contributed by atoms with Crippen LogP contribution in [0.4, 0.5) is 4.39 Å². The van der Waals surface area contributed by atoms with Crippen molar-refractivity contribution >= 4 is 0 Å². The molecular weight excluding hydrogens is 319 g/mol. The predicted octanol–water partition coefficient (Wildman–Crippen LogP) is 2.56. The molecule has 0 bridgehead atoms. The maximum absolute atomic E-state index is 12.8. The molecule has 0 unspecified atom stereocenters. The van der Waals surface area contributed by atoms with E-state index in [-0.39, 0.29) is 5.82 Å². The van der Waals surface area contributed by atoms with Crippen molar-refractivity contribution in [3.63, 3.8) is 0 Å². The van der Waals surface area contributed by atoms with Gasteiger partial charge in [0.1, 0.15) is 18.2 Å². The van der Waals surface area contributed by atoms with Crippen molar-refractivity contribution < 1.29 is 14.2 Å². The highest BCUT2D eigenvalue weighted by molar-refractivity contribution is 5.22. The summed E-state index contributed by atoms with van der Waals surface area (Å²) < 4.78 is 18.5. The average molecular weight is 344 g/mol. The Morgan fingerprint density at radius 1 is 0.920 bits per heavy atom. The van der Waals surface area contributed by atoms with E-state index in [2.05, 4.69) is 9.80 Å². The number of nitrogens with zero attached hydrogens (tertiary/aromatic N) is 2. The zero-order chi connectivity index (χ0) is 17.5. The maximum Gasteiger partial charge on any atom is 0.123 e. The number of β-amino-alcohol motifs (C(OH)–C–C–N with tert-alkyl or cyclic N) is 1. The van der Waals surface area contributed by atoms with Gasteiger partial charge in [0.25, 0.3) is 0 Å². The standard InChI is InChI=1S/C20H25FN2O2/c21-18-6-8-19(9-7-18)25-15-14-22-10-12-23(13-11-22)16-20(24)17-4-2-1-3-5-17/h1-9,20,24H,10-16H2/t20-/m1/s1. The summed E-state index contributed by atoms with van der Waals surface area (Å²) in [5, 5.41) is 10.3. The van der Waals surface area contributed by atoms with E-state index in [4.69, 9.17) is 4.74 Å². The molecule has 0 aromatic heterocycles. The average Bonchev–Trinajstić information content (AvgIpc) is 2.65. The summed E-state index contributed by atoms with van der Waals surface area (Å²) in [5.74, 6) is 0.451. The molecule has 5 heteroatoms. The Labute approximate surface area is 148 Å². The lowest BCUT2D eigenvalue weighted by molar-refractivity contribution is 0.0676. The van der Waals surface area contributed by atoms with Crippen molar-refractivity contribution in [2.24, 2.45) is 0 Å². The minimum atomic E-state index is -0.436. The highest BCUT2D eigenvalue weighted by Crippen LogP contribution is 2.15. The van der Waals surface area contributed by atoms with Crippen molar-refractivity contribution in [1.82, 2.24) is 9.80 Å². The first-order chi connectivity index (χ1) is 12.2. The van der Waals surface area contributed by atoms with Crippen LogP contribution in [-0.4, -0.2) is 60.8 Å². The summed E-state index contributed by atoms with van der Waals surface area (Å²) in [4.78, 5) is 4.66. The number of hydrogen-bond donors (Lipinski definition) is 1. The Morgan fingerprint density at radius 2 is 1.56 bits per heavy atom. The minimum Gasteiger partial charge on any atom is -0.492 e. The van der Waals surface area contributed by atoms with E-state index in [1.165, 1.54) is 12.1 Å². The van der Waals surface area contributed by atoms with Gasteiger partial charge in [0.15, 0.2) is 0 Å². The lowest BCUT2D eigenvalue weighted by Gasteiger charge is -2.35. The van der Waals surface area contributed by atoms with Crippen LogP contribution in [0.3, 0.4) is 0 Å². The van der Waals surface area contributed by atoms with E-state index < -0.39 is 6.10 Å². The van der Waals surface area contributed by atoms with Crippen LogP contribution < -0.4 is 4.74 Å². The van der Waals surface area contributed by atoms with Crippen LogP contribution in [-0.2, 0) is 0 Å². The summed E-state index contributed by atoms with van der Waals surface area (Å²) in [6.45, 7) is 5.94. The zero-order valence-electron chi connectivity index (χ0n) is 14.4. The second-order valence-electron chi connectivity index (χ2n) is 6.37. The molecule has 1 aliphatic rings. The van der Waals surface area contributed by atoms with E-state index in [0.717, 1.165) is 38.3 Å². The first kappa shape index (κ1) is 17.9. The molecule has 2 aromatic rings. The second kappa shape index (κ2) is 8.94. The number of benzene rings is 2. The van der Waals surface area contributed by atoms with Gasteiger partial charge in [-0.2, -0.15) is 0 Å². The number of halogens is 1. The number of ether oxygens (including phenoxy) is 1. The summed E-state index contributed by atoms with van der Waals surface area (Å²) in [5.41, 5.74) is 0.970. The zero-order valence-corrected chi connectivity index (χ0v) is 14.4. The molecule has 1 saturated heterocycles. The van der Waals surface area contributed by atoms with E-state index in [1.54, 1.807) is 12.1 Å². The number of hydrogen-bond acceptors (Lipinski definition) is 4. The van der Waals surface area contributed by atoms with E-state index in [9.17, 15) is 9.50 Å². The van der Waals surface area contributed by atoms with E-state index >= 15 is 0 Å². The molecular formula is C20H25FN2O2. The predicted molar refractivity (Wildman–Crippen MR) is 96.2 cm³/mol. The van der Waals surface area contributed by atoms with Crippen LogP contribution in [0.1, 0.15) is 11.7 Å². The van der Waals surface area contributed by atoms with Gasteiger partial charge in [-0.05, 0) is 29.8 Å². The Morgan fingerprint density at radius 3 is 2.24 bits per heavy atom. The number of aliphatic hydroxyl groups excluding tert-OH is 1. The largest absolute Gasteiger partial charge is 0.492 e. The van der Waals surface area contributed by atoms with Crippen LogP contribution in [0, 0.1) is 5.82 Å². The molecule has 0 aliphatic carbocycles. The van der Waals surface area contributed by atoms with E-state index in [0.29, 0.717) is 18.9 Å². The van der Waals surface area contributed by atoms with Gasteiger partial charge < -0.3 is 9.84 Å². The molecule has 1 N–H and O–H groups in total. The third-order valence-electron chi connectivity index (χ3n) is 4.57. The van der Waals surface area contributed by atoms with Gasteiger partial charge in [-0.25, -0.2) is 4.39 Å². The molecule has 1 aliphatic heterocycles. The van der Waals surface area contributed by atoms with Gasteiger partial charge in [-0.1, -0.05) is 30.3 Å². The van der Waals surface area contributed by atoms with Crippen molar-refractivity contribution in [1.29, 1.82) is 0 Å². The lowest BCUT2D eigenvalue weighted by atomic mass is 10.1. The van der Waals surface area contributed by atoms with Gasteiger partial charge in [-0.3, -0.25) is 9.80 Å². The van der Waals surface area contributed by atoms with Crippen molar-refractivity contribution in [3.8, 4) is 5.75 Å². The number of rotatable bonds is 7.